The van der Waals surface area contributed by atoms with Crippen LogP contribution in [0.5, 0.6) is 0 Å². The van der Waals surface area contributed by atoms with Crippen molar-refractivity contribution in [2.24, 2.45) is 5.92 Å². The standard InChI is InChI=1S/C20H21N3O7/c1-12(2)10-16(20(26)27)22-18(24)15(21-19(25)17-4-3-9-30-17)11-13-5-7-14(8-6-13)23(28)29/h3-9,11-12,16H,10H2,1-2H3,(H,21,25)(H,22,24)(H,26,27)/p-1/b15-11+/t16-/m0/s1. The van der Waals surface area contributed by atoms with Crippen LogP contribution < -0.4 is 15.7 Å². The minimum atomic E-state index is -1.45. The monoisotopic (exact) mass is 414 g/mol. The zero-order valence-electron chi connectivity index (χ0n) is 16.3. The third kappa shape index (κ3) is 6.30. The van der Waals surface area contributed by atoms with E-state index >= 15 is 0 Å². The number of amides is 2. The first-order valence-electron chi connectivity index (χ1n) is 9.00. The molecule has 1 aromatic heterocycles. The minimum Gasteiger partial charge on any atom is -0.548 e. The second kappa shape index (κ2) is 10.0. The summed E-state index contributed by atoms with van der Waals surface area (Å²) in [5, 5.41) is 26.8. The molecule has 158 valence electrons. The lowest BCUT2D eigenvalue weighted by molar-refractivity contribution is -0.384. The molecular formula is C20H20N3O7-. The number of nitrogens with one attached hydrogen (secondary N) is 2. The van der Waals surface area contributed by atoms with E-state index < -0.39 is 28.7 Å². The van der Waals surface area contributed by atoms with Gasteiger partial charge in [0.15, 0.2) is 5.76 Å². The molecule has 2 amide bonds. The van der Waals surface area contributed by atoms with Crippen LogP contribution in [0.15, 0.2) is 52.8 Å². The Balaban J connectivity index is 2.31. The number of carbonyl (C=O) groups is 3. The summed E-state index contributed by atoms with van der Waals surface area (Å²) < 4.78 is 4.99. The maximum absolute atomic E-state index is 12.7. The summed E-state index contributed by atoms with van der Waals surface area (Å²) in [5.74, 6) is -3.13. The highest BCUT2D eigenvalue weighted by molar-refractivity contribution is 6.05. The lowest BCUT2D eigenvalue weighted by Crippen LogP contribution is -2.50. The Labute approximate surface area is 171 Å². The van der Waals surface area contributed by atoms with E-state index in [-0.39, 0.29) is 29.5 Å². The highest BCUT2D eigenvalue weighted by Gasteiger charge is 2.21. The smallest absolute Gasteiger partial charge is 0.291 e. The van der Waals surface area contributed by atoms with Crippen molar-refractivity contribution in [1.82, 2.24) is 10.6 Å². The molecule has 0 aliphatic carbocycles. The fraction of sp³-hybridized carbons (Fsp3) is 0.250. The quantitative estimate of drug-likeness (QED) is 0.355. The lowest BCUT2D eigenvalue weighted by atomic mass is 10.0. The number of carboxylic acid groups (broad SMARTS) is 1. The molecule has 0 saturated carbocycles. The van der Waals surface area contributed by atoms with Gasteiger partial charge in [0.2, 0.25) is 0 Å². The molecule has 2 N–H and O–H groups in total. The number of carboxylic acids is 1. The molecule has 0 aliphatic rings. The van der Waals surface area contributed by atoms with Gasteiger partial charge in [0, 0.05) is 12.1 Å². The molecule has 0 spiro atoms. The van der Waals surface area contributed by atoms with Crippen LogP contribution >= 0.6 is 0 Å². The molecule has 0 bridgehead atoms. The number of benzene rings is 1. The molecule has 1 atom stereocenters. The van der Waals surface area contributed by atoms with Gasteiger partial charge in [0.1, 0.15) is 5.70 Å². The van der Waals surface area contributed by atoms with Gasteiger partial charge in [-0.1, -0.05) is 13.8 Å². The first-order chi connectivity index (χ1) is 14.2. The van der Waals surface area contributed by atoms with E-state index in [0.717, 1.165) is 0 Å². The molecule has 10 nitrogen and oxygen atoms in total. The molecule has 2 rings (SSSR count). The van der Waals surface area contributed by atoms with E-state index in [4.69, 9.17) is 4.42 Å². The van der Waals surface area contributed by atoms with Crippen LogP contribution in [0.1, 0.15) is 36.4 Å². The van der Waals surface area contributed by atoms with E-state index in [1.165, 1.54) is 48.7 Å². The summed E-state index contributed by atoms with van der Waals surface area (Å²) in [6, 6.07) is 6.85. The van der Waals surface area contributed by atoms with Crippen molar-refractivity contribution < 1.29 is 28.8 Å². The van der Waals surface area contributed by atoms with Crippen molar-refractivity contribution in [3.05, 3.63) is 69.8 Å². The van der Waals surface area contributed by atoms with Crippen LogP contribution in [0.3, 0.4) is 0 Å². The Bertz CT molecular complexity index is 947. The summed E-state index contributed by atoms with van der Waals surface area (Å²) in [6.45, 7) is 3.57. The second-order valence-corrected chi connectivity index (χ2v) is 6.81. The highest BCUT2D eigenvalue weighted by Crippen LogP contribution is 2.15. The zero-order chi connectivity index (χ0) is 22.3. The topological polar surface area (TPSA) is 155 Å². The van der Waals surface area contributed by atoms with E-state index in [2.05, 4.69) is 10.6 Å². The van der Waals surface area contributed by atoms with Crippen molar-refractivity contribution in [1.29, 1.82) is 0 Å². The van der Waals surface area contributed by atoms with Crippen LogP contribution in [0.2, 0.25) is 0 Å². The zero-order valence-corrected chi connectivity index (χ0v) is 16.3. The number of hydrogen-bond donors (Lipinski definition) is 2. The highest BCUT2D eigenvalue weighted by atomic mass is 16.6. The molecule has 2 aromatic rings. The Morgan fingerprint density at radius 2 is 1.83 bits per heavy atom. The van der Waals surface area contributed by atoms with Crippen LogP contribution in [-0.2, 0) is 9.59 Å². The van der Waals surface area contributed by atoms with Gasteiger partial charge >= 0.3 is 0 Å². The lowest BCUT2D eigenvalue weighted by Gasteiger charge is -2.22. The van der Waals surface area contributed by atoms with Crippen molar-refractivity contribution in [3.8, 4) is 0 Å². The normalized spacial score (nSPS) is 12.3. The number of non-ortho nitro benzene ring substituents is 1. The predicted molar refractivity (Wildman–Crippen MR) is 104 cm³/mol. The summed E-state index contributed by atoms with van der Waals surface area (Å²) in [6.07, 6.45) is 2.68. The molecule has 30 heavy (non-hydrogen) atoms. The van der Waals surface area contributed by atoms with Gasteiger partial charge < -0.3 is 25.0 Å². The fourth-order valence-corrected chi connectivity index (χ4v) is 2.53. The third-order valence-electron chi connectivity index (χ3n) is 3.95. The molecule has 0 unspecified atom stereocenters. The number of rotatable bonds is 9. The average Bonchev–Trinajstić information content (AvgIpc) is 3.21. The Morgan fingerprint density at radius 1 is 1.17 bits per heavy atom. The molecule has 0 radical (unpaired) electrons. The average molecular weight is 414 g/mol. The van der Waals surface area contributed by atoms with Gasteiger partial charge in [0.25, 0.3) is 17.5 Å². The maximum Gasteiger partial charge on any atom is 0.291 e. The Hall–Kier alpha value is -3.95. The first kappa shape index (κ1) is 22.3. The van der Waals surface area contributed by atoms with Gasteiger partial charge in [-0.3, -0.25) is 19.7 Å². The number of nitro groups is 1. The fourth-order valence-electron chi connectivity index (χ4n) is 2.53. The van der Waals surface area contributed by atoms with E-state index in [9.17, 15) is 29.6 Å². The second-order valence-electron chi connectivity index (χ2n) is 6.81. The van der Waals surface area contributed by atoms with Crippen molar-refractivity contribution in [2.75, 3.05) is 0 Å². The van der Waals surface area contributed by atoms with Crippen LogP contribution in [0.25, 0.3) is 6.08 Å². The number of carbonyl (C=O) groups excluding carboxylic acids is 3. The summed E-state index contributed by atoms with van der Waals surface area (Å²) in [7, 11) is 0. The molecule has 0 fully saturated rings. The summed E-state index contributed by atoms with van der Waals surface area (Å²) in [5.41, 5.74) is -0.0358. The van der Waals surface area contributed by atoms with Crippen molar-refractivity contribution in [2.45, 2.75) is 26.3 Å². The summed E-state index contributed by atoms with van der Waals surface area (Å²) in [4.78, 5) is 46.6. The molecular weight excluding hydrogens is 394 g/mol. The van der Waals surface area contributed by atoms with Crippen LogP contribution in [0, 0.1) is 16.0 Å². The number of aliphatic carboxylic acids is 1. The molecule has 1 aromatic carbocycles. The van der Waals surface area contributed by atoms with Gasteiger partial charge in [-0.2, -0.15) is 0 Å². The number of hydrogen-bond acceptors (Lipinski definition) is 7. The van der Waals surface area contributed by atoms with Gasteiger partial charge in [-0.25, -0.2) is 0 Å². The molecule has 1 heterocycles. The largest absolute Gasteiger partial charge is 0.548 e. The SMILES string of the molecule is CC(C)C[C@H](NC(=O)/C(=C\c1ccc([N+](=O)[O-])cc1)NC(=O)c1ccco1)C(=O)[O-]. The Kier molecular flexibility index (Phi) is 7.45. The minimum absolute atomic E-state index is 0.0342. The van der Waals surface area contributed by atoms with E-state index in [1.54, 1.807) is 13.8 Å². The maximum atomic E-state index is 12.7. The van der Waals surface area contributed by atoms with Crippen molar-refractivity contribution >= 4 is 29.5 Å². The molecule has 10 heteroatoms. The van der Waals surface area contributed by atoms with E-state index in [0.29, 0.717) is 5.56 Å². The molecule has 0 aliphatic heterocycles. The van der Waals surface area contributed by atoms with Crippen LogP contribution in [-0.4, -0.2) is 28.7 Å². The summed E-state index contributed by atoms with van der Waals surface area (Å²) >= 11 is 0. The van der Waals surface area contributed by atoms with E-state index in [1.807, 2.05) is 0 Å². The van der Waals surface area contributed by atoms with Gasteiger partial charge in [0.05, 0.1) is 23.2 Å². The number of nitro benzene ring substituents is 1. The van der Waals surface area contributed by atoms with Gasteiger partial charge in [-0.15, -0.1) is 0 Å². The third-order valence-corrected chi connectivity index (χ3v) is 3.95. The number of nitrogens with zero attached hydrogens (tertiary/aromatic N) is 1. The Morgan fingerprint density at radius 3 is 2.33 bits per heavy atom. The predicted octanol–water partition coefficient (Wildman–Crippen LogP) is 1.24. The molecule has 0 saturated heterocycles. The number of furan rings is 1. The van der Waals surface area contributed by atoms with Gasteiger partial charge in [-0.05, 0) is 48.2 Å². The van der Waals surface area contributed by atoms with Crippen LogP contribution in [0.4, 0.5) is 5.69 Å². The first-order valence-corrected chi connectivity index (χ1v) is 9.00. The van der Waals surface area contributed by atoms with Crippen molar-refractivity contribution in [3.63, 3.8) is 0 Å².